The van der Waals surface area contributed by atoms with Crippen molar-refractivity contribution in [3.8, 4) is 0 Å². The minimum Gasteiger partial charge on any atom is -0.396 e. The van der Waals surface area contributed by atoms with E-state index in [0.717, 1.165) is 51.7 Å². The van der Waals surface area contributed by atoms with E-state index < -0.39 is 0 Å². The molecule has 1 atom stereocenters. The number of nitrogens with one attached hydrogen (secondary N) is 1. The van der Waals surface area contributed by atoms with Crippen molar-refractivity contribution in [2.45, 2.75) is 45.1 Å². The highest BCUT2D eigenvalue weighted by Crippen LogP contribution is 2.29. The lowest BCUT2D eigenvalue weighted by Crippen LogP contribution is -2.45. The Kier molecular flexibility index (Phi) is 6.07. The van der Waals surface area contributed by atoms with Crippen LogP contribution in [-0.4, -0.2) is 50.7 Å². The number of ether oxygens (including phenoxy) is 2. The molecule has 0 spiro atoms. The van der Waals surface area contributed by atoms with Crippen LogP contribution < -0.4 is 5.32 Å². The van der Waals surface area contributed by atoms with E-state index in [4.69, 9.17) is 9.47 Å². The lowest BCUT2D eigenvalue weighted by Gasteiger charge is -2.37. The molecule has 19 heavy (non-hydrogen) atoms. The van der Waals surface area contributed by atoms with Gasteiger partial charge in [-0.05, 0) is 44.9 Å². The van der Waals surface area contributed by atoms with Crippen molar-refractivity contribution in [3.05, 3.63) is 0 Å². The van der Waals surface area contributed by atoms with E-state index in [2.05, 4.69) is 12.2 Å². The molecule has 2 fully saturated rings. The van der Waals surface area contributed by atoms with Gasteiger partial charge in [-0.1, -0.05) is 0 Å². The maximum atomic E-state index is 9.66. The zero-order chi connectivity index (χ0) is 13.6. The maximum Gasteiger partial charge on any atom is 0.0501 e. The molecule has 2 N–H and O–H groups in total. The van der Waals surface area contributed by atoms with E-state index in [0.29, 0.717) is 6.04 Å². The predicted molar refractivity (Wildman–Crippen MR) is 75.2 cm³/mol. The van der Waals surface area contributed by atoms with Crippen LogP contribution in [0.3, 0.4) is 0 Å². The monoisotopic (exact) mass is 271 g/mol. The fourth-order valence-corrected chi connectivity index (χ4v) is 3.15. The topological polar surface area (TPSA) is 50.7 Å². The van der Waals surface area contributed by atoms with E-state index >= 15 is 0 Å². The molecule has 2 rings (SSSR count). The molecule has 1 unspecified atom stereocenters. The molecular formula is C15H29NO3. The Morgan fingerprint density at radius 1 is 1.16 bits per heavy atom. The van der Waals surface area contributed by atoms with Crippen LogP contribution in [0.1, 0.15) is 39.0 Å². The average Bonchev–Trinajstić information content (AvgIpc) is 2.47. The number of aliphatic hydroxyl groups is 1. The molecule has 0 aromatic carbocycles. The van der Waals surface area contributed by atoms with Gasteiger partial charge in [0.25, 0.3) is 0 Å². The fourth-order valence-electron chi connectivity index (χ4n) is 3.15. The Hall–Kier alpha value is -0.160. The summed E-state index contributed by atoms with van der Waals surface area (Å²) < 4.78 is 10.8. The molecule has 0 aromatic heterocycles. The Balaban J connectivity index is 1.70. The Bertz CT molecular complexity index is 248. The summed E-state index contributed by atoms with van der Waals surface area (Å²) in [4.78, 5) is 0. The maximum absolute atomic E-state index is 9.66. The van der Waals surface area contributed by atoms with E-state index in [-0.39, 0.29) is 12.0 Å². The third-order valence-corrected chi connectivity index (χ3v) is 4.74. The van der Waals surface area contributed by atoms with Crippen molar-refractivity contribution in [2.24, 2.45) is 11.3 Å². The second-order valence-corrected chi connectivity index (χ2v) is 6.34. The third kappa shape index (κ3) is 4.71. The molecule has 2 aliphatic rings. The first-order valence-corrected chi connectivity index (χ1v) is 7.74. The van der Waals surface area contributed by atoms with Gasteiger partial charge in [0.1, 0.15) is 0 Å². The van der Waals surface area contributed by atoms with Gasteiger partial charge in [0.15, 0.2) is 0 Å². The smallest absolute Gasteiger partial charge is 0.0501 e. The van der Waals surface area contributed by atoms with E-state index in [1.54, 1.807) is 0 Å². The third-order valence-electron chi connectivity index (χ3n) is 4.74. The Labute approximate surface area is 116 Å². The SMILES string of the molecule is CC(CC1CCOCC1)NCC1(CO)CCOCC1. The molecule has 0 amide bonds. The van der Waals surface area contributed by atoms with Gasteiger partial charge < -0.3 is 19.9 Å². The standard InChI is InChI=1S/C15H29NO3/c1-13(10-14-2-6-18-7-3-14)16-11-15(12-17)4-8-19-9-5-15/h13-14,16-17H,2-12H2,1H3. The normalized spacial score (nSPS) is 26.2. The van der Waals surface area contributed by atoms with Crippen LogP contribution in [-0.2, 0) is 9.47 Å². The molecule has 0 radical (unpaired) electrons. The van der Waals surface area contributed by atoms with Crippen molar-refractivity contribution in [1.82, 2.24) is 5.32 Å². The average molecular weight is 271 g/mol. The number of hydrogen-bond donors (Lipinski definition) is 2. The van der Waals surface area contributed by atoms with Crippen molar-refractivity contribution in [2.75, 3.05) is 39.6 Å². The van der Waals surface area contributed by atoms with Gasteiger partial charge in [-0.15, -0.1) is 0 Å². The second-order valence-electron chi connectivity index (χ2n) is 6.34. The van der Waals surface area contributed by atoms with Gasteiger partial charge >= 0.3 is 0 Å². The Morgan fingerprint density at radius 2 is 1.79 bits per heavy atom. The predicted octanol–water partition coefficient (Wildman–Crippen LogP) is 1.57. The summed E-state index contributed by atoms with van der Waals surface area (Å²) in [6.07, 6.45) is 5.57. The van der Waals surface area contributed by atoms with Crippen LogP contribution >= 0.6 is 0 Å². The van der Waals surface area contributed by atoms with Gasteiger partial charge in [-0.25, -0.2) is 0 Å². The molecule has 4 nitrogen and oxygen atoms in total. The highest BCUT2D eigenvalue weighted by molar-refractivity contribution is 4.85. The van der Waals surface area contributed by atoms with Crippen molar-refractivity contribution in [1.29, 1.82) is 0 Å². The highest BCUT2D eigenvalue weighted by Gasteiger charge is 2.32. The number of aliphatic hydroxyl groups excluding tert-OH is 1. The highest BCUT2D eigenvalue weighted by atomic mass is 16.5. The fraction of sp³-hybridized carbons (Fsp3) is 1.00. The summed E-state index contributed by atoms with van der Waals surface area (Å²) in [5, 5.41) is 13.3. The summed E-state index contributed by atoms with van der Waals surface area (Å²) >= 11 is 0. The first-order chi connectivity index (χ1) is 9.24. The molecule has 2 saturated heterocycles. The molecule has 0 bridgehead atoms. The molecule has 2 aliphatic heterocycles. The first kappa shape index (κ1) is 15.2. The van der Waals surface area contributed by atoms with Crippen LogP contribution in [0.15, 0.2) is 0 Å². The molecule has 4 heteroatoms. The molecule has 2 heterocycles. The Morgan fingerprint density at radius 3 is 2.42 bits per heavy atom. The molecule has 0 aliphatic carbocycles. The van der Waals surface area contributed by atoms with Crippen molar-refractivity contribution < 1.29 is 14.6 Å². The lowest BCUT2D eigenvalue weighted by atomic mass is 9.80. The van der Waals surface area contributed by atoms with Crippen LogP contribution in [0.5, 0.6) is 0 Å². The van der Waals surface area contributed by atoms with E-state index in [9.17, 15) is 5.11 Å². The van der Waals surface area contributed by atoms with Gasteiger partial charge in [0, 0.05) is 44.4 Å². The van der Waals surface area contributed by atoms with Crippen LogP contribution in [0.4, 0.5) is 0 Å². The van der Waals surface area contributed by atoms with Crippen molar-refractivity contribution >= 4 is 0 Å². The van der Waals surface area contributed by atoms with Gasteiger partial charge in [-0.3, -0.25) is 0 Å². The minimum absolute atomic E-state index is 0.0438. The van der Waals surface area contributed by atoms with Gasteiger partial charge in [-0.2, -0.15) is 0 Å². The molecule has 112 valence electrons. The van der Waals surface area contributed by atoms with Crippen LogP contribution in [0.2, 0.25) is 0 Å². The summed E-state index contributed by atoms with van der Waals surface area (Å²) in [5.74, 6) is 0.802. The number of hydrogen-bond acceptors (Lipinski definition) is 4. The second kappa shape index (κ2) is 7.58. The minimum atomic E-state index is 0.0438. The molecule has 0 aromatic rings. The first-order valence-electron chi connectivity index (χ1n) is 7.74. The zero-order valence-corrected chi connectivity index (χ0v) is 12.2. The number of rotatable bonds is 6. The lowest BCUT2D eigenvalue weighted by molar-refractivity contribution is -0.0169. The van der Waals surface area contributed by atoms with Crippen molar-refractivity contribution in [3.63, 3.8) is 0 Å². The molecular weight excluding hydrogens is 242 g/mol. The summed E-state index contributed by atoms with van der Waals surface area (Å²) in [5.41, 5.74) is 0.0438. The quantitative estimate of drug-likeness (QED) is 0.770. The van der Waals surface area contributed by atoms with Gasteiger partial charge in [0.2, 0.25) is 0 Å². The van der Waals surface area contributed by atoms with Crippen LogP contribution in [0, 0.1) is 11.3 Å². The van der Waals surface area contributed by atoms with E-state index in [1.165, 1.54) is 19.3 Å². The zero-order valence-electron chi connectivity index (χ0n) is 12.2. The summed E-state index contributed by atoms with van der Waals surface area (Å²) in [6.45, 7) is 6.88. The summed E-state index contributed by atoms with van der Waals surface area (Å²) in [6, 6.07) is 0.523. The molecule has 0 saturated carbocycles. The van der Waals surface area contributed by atoms with Crippen LogP contribution in [0.25, 0.3) is 0 Å². The van der Waals surface area contributed by atoms with E-state index in [1.807, 2.05) is 0 Å². The summed E-state index contributed by atoms with van der Waals surface area (Å²) in [7, 11) is 0. The van der Waals surface area contributed by atoms with Gasteiger partial charge in [0.05, 0.1) is 6.61 Å². The largest absolute Gasteiger partial charge is 0.396 e.